The molecule has 0 saturated carbocycles. The Morgan fingerprint density at radius 3 is 3.00 bits per heavy atom. The minimum Gasteiger partial charge on any atom is -0.495 e. The van der Waals surface area contributed by atoms with E-state index in [1.165, 1.54) is 7.11 Å². The Hall–Kier alpha value is -0.650. The lowest BCUT2D eigenvalue weighted by Crippen LogP contribution is -2.33. The van der Waals surface area contributed by atoms with Crippen molar-refractivity contribution in [1.82, 2.24) is 5.32 Å². The van der Waals surface area contributed by atoms with E-state index >= 15 is 0 Å². The van der Waals surface area contributed by atoms with Gasteiger partial charge in [-0.1, -0.05) is 0 Å². The fourth-order valence-corrected chi connectivity index (χ4v) is 2.24. The van der Waals surface area contributed by atoms with Gasteiger partial charge in [0.15, 0.2) is 0 Å². The Balaban J connectivity index is 2.30. The van der Waals surface area contributed by atoms with Gasteiger partial charge in [-0.05, 0) is 28.1 Å². The van der Waals surface area contributed by atoms with E-state index in [0.29, 0.717) is 28.9 Å². The van der Waals surface area contributed by atoms with Crippen molar-refractivity contribution in [2.24, 2.45) is 0 Å². The molecule has 3 nitrogen and oxygen atoms in total. The van der Waals surface area contributed by atoms with Crippen LogP contribution in [0.4, 0.5) is 4.39 Å². The molecule has 1 saturated heterocycles. The zero-order valence-electron chi connectivity index (χ0n) is 8.93. The zero-order chi connectivity index (χ0) is 11.5. The van der Waals surface area contributed by atoms with Crippen molar-refractivity contribution in [3.8, 4) is 5.75 Å². The number of methoxy groups -OCH3 is 1. The second-order valence-corrected chi connectivity index (χ2v) is 4.34. The fraction of sp³-hybridized carbons (Fsp3) is 0.455. The van der Waals surface area contributed by atoms with Gasteiger partial charge in [-0.3, -0.25) is 0 Å². The third-order valence-corrected chi connectivity index (χ3v) is 3.31. The Labute approximate surface area is 102 Å². The third kappa shape index (κ3) is 2.21. The lowest BCUT2D eigenvalue weighted by molar-refractivity contribution is 0.0254. The number of nitrogens with one attached hydrogen (secondary N) is 1. The standard InChI is InChI=1S/C11H13BrFNO2/c1-15-8-3-2-7(11(13)10(8)12)9-6-14-4-5-16-9/h2-3,9,14H,4-6H2,1H3. The van der Waals surface area contributed by atoms with Gasteiger partial charge in [0.1, 0.15) is 11.6 Å². The van der Waals surface area contributed by atoms with Crippen molar-refractivity contribution >= 4 is 15.9 Å². The van der Waals surface area contributed by atoms with E-state index in [-0.39, 0.29) is 11.9 Å². The molecular weight excluding hydrogens is 277 g/mol. The molecule has 1 heterocycles. The van der Waals surface area contributed by atoms with E-state index in [2.05, 4.69) is 21.2 Å². The molecule has 1 aromatic rings. The summed E-state index contributed by atoms with van der Waals surface area (Å²) in [4.78, 5) is 0. The summed E-state index contributed by atoms with van der Waals surface area (Å²) in [5, 5.41) is 3.17. The van der Waals surface area contributed by atoms with Crippen LogP contribution in [0.5, 0.6) is 5.75 Å². The first-order valence-electron chi connectivity index (χ1n) is 5.08. The number of halogens is 2. The first kappa shape index (κ1) is 11.8. The summed E-state index contributed by atoms with van der Waals surface area (Å²) >= 11 is 3.18. The predicted molar refractivity (Wildman–Crippen MR) is 62.2 cm³/mol. The molecule has 2 rings (SSSR count). The van der Waals surface area contributed by atoms with Gasteiger partial charge in [0.05, 0.1) is 24.3 Å². The quantitative estimate of drug-likeness (QED) is 0.906. The SMILES string of the molecule is COc1ccc(C2CNCCO2)c(F)c1Br. The van der Waals surface area contributed by atoms with Crippen LogP contribution >= 0.6 is 15.9 Å². The average Bonchev–Trinajstić information content (AvgIpc) is 2.34. The number of benzene rings is 1. The van der Waals surface area contributed by atoms with Gasteiger partial charge in [-0.2, -0.15) is 0 Å². The number of hydrogen-bond donors (Lipinski definition) is 1. The molecule has 5 heteroatoms. The highest BCUT2D eigenvalue weighted by atomic mass is 79.9. The summed E-state index contributed by atoms with van der Waals surface area (Å²) in [7, 11) is 1.51. The third-order valence-electron chi connectivity index (χ3n) is 2.57. The van der Waals surface area contributed by atoms with Crippen molar-refractivity contribution < 1.29 is 13.9 Å². The van der Waals surface area contributed by atoms with Crippen LogP contribution in [-0.2, 0) is 4.74 Å². The molecule has 1 atom stereocenters. The molecule has 1 aliphatic rings. The largest absolute Gasteiger partial charge is 0.495 e. The van der Waals surface area contributed by atoms with E-state index in [1.807, 2.05) is 0 Å². The predicted octanol–water partition coefficient (Wildman–Crippen LogP) is 2.26. The lowest BCUT2D eigenvalue weighted by Gasteiger charge is -2.24. The van der Waals surface area contributed by atoms with Gasteiger partial charge in [0.25, 0.3) is 0 Å². The molecule has 16 heavy (non-hydrogen) atoms. The van der Waals surface area contributed by atoms with Crippen molar-refractivity contribution in [2.75, 3.05) is 26.8 Å². The minimum absolute atomic E-state index is 0.226. The van der Waals surface area contributed by atoms with Crippen LogP contribution in [0.15, 0.2) is 16.6 Å². The molecule has 0 spiro atoms. The van der Waals surface area contributed by atoms with E-state index in [9.17, 15) is 4.39 Å². The summed E-state index contributed by atoms with van der Waals surface area (Å²) in [6, 6.07) is 3.44. The molecule has 0 amide bonds. The number of hydrogen-bond acceptors (Lipinski definition) is 3. The fourth-order valence-electron chi connectivity index (χ4n) is 1.72. The van der Waals surface area contributed by atoms with Crippen LogP contribution in [0.25, 0.3) is 0 Å². The minimum atomic E-state index is -0.312. The van der Waals surface area contributed by atoms with Gasteiger partial charge >= 0.3 is 0 Å². The van der Waals surface area contributed by atoms with E-state index < -0.39 is 0 Å². The normalized spacial score (nSPS) is 20.8. The second kappa shape index (κ2) is 5.12. The van der Waals surface area contributed by atoms with Crippen LogP contribution in [0, 0.1) is 5.82 Å². The summed E-state index contributed by atoms with van der Waals surface area (Å²) in [6.07, 6.45) is -0.226. The van der Waals surface area contributed by atoms with Gasteiger partial charge in [0.2, 0.25) is 0 Å². The lowest BCUT2D eigenvalue weighted by atomic mass is 10.1. The summed E-state index contributed by atoms with van der Waals surface area (Å²) < 4.78 is 24.9. The van der Waals surface area contributed by atoms with Crippen molar-refractivity contribution in [1.29, 1.82) is 0 Å². The molecule has 1 N–H and O–H groups in total. The highest BCUT2D eigenvalue weighted by Gasteiger charge is 2.22. The summed E-state index contributed by atoms with van der Waals surface area (Å²) in [6.45, 7) is 2.05. The van der Waals surface area contributed by atoms with Crippen LogP contribution in [-0.4, -0.2) is 26.8 Å². The molecule has 0 bridgehead atoms. The molecule has 0 radical (unpaired) electrons. The maximum Gasteiger partial charge on any atom is 0.146 e. The van der Waals surface area contributed by atoms with E-state index in [4.69, 9.17) is 9.47 Å². The average molecular weight is 290 g/mol. The van der Waals surface area contributed by atoms with Gasteiger partial charge in [-0.25, -0.2) is 4.39 Å². The first-order chi connectivity index (χ1) is 7.74. The van der Waals surface area contributed by atoms with Crippen LogP contribution in [0.3, 0.4) is 0 Å². The Morgan fingerprint density at radius 2 is 2.38 bits per heavy atom. The number of rotatable bonds is 2. The second-order valence-electron chi connectivity index (χ2n) is 3.55. The maximum atomic E-state index is 14.0. The smallest absolute Gasteiger partial charge is 0.146 e. The topological polar surface area (TPSA) is 30.5 Å². The maximum absolute atomic E-state index is 14.0. The molecule has 1 fully saturated rings. The summed E-state index contributed by atoms with van der Waals surface area (Å²) in [5.41, 5.74) is 0.555. The molecule has 1 aliphatic heterocycles. The van der Waals surface area contributed by atoms with Crippen LogP contribution in [0.1, 0.15) is 11.7 Å². The monoisotopic (exact) mass is 289 g/mol. The highest BCUT2D eigenvalue weighted by Crippen LogP contribution is 2.33. The van der Waals surface area contributed by atoms with E-state index in [0.717, 1.165) is 6.54 Å². The molecule has 1 aromatic carbocycles. The summed E-state index contributed by atoms with van der Waals surface area (Å²) in [5.74, 6) is 0.179. The van der Waals surface area contributed by atoms with E-state index in [1.54, 1.807) is 12.1 Å². The first-order valence-corrected chi connectivity index (χ1v) is 5.87. The molecule has 0 aromatic heterocycles. The van der Waals surface area contributed by atoms with Gasteiger partial charge in [-0.15, -0.1) is 0 Å². The van der Waals surface area contributed by atoms with Gasteiger partial charge < -0.3 is 14.8 Å². The van der Waals surface area contributed by atoms with Crippen molar-refractivity contribution in [2.45, 2.75) is 6.10 Å². The molecule has 88 valence electrons. The van der Waals surface area contributed by atoms with Crippen molar-refractivity contribution in [3.05, 3.63) is 28.0 Å². The highest BCUT2D eigenvalue weighted by molar-refractivity contribution is 9.10. The van der Waals surface area contributed by atoms with Crippen LogP contribution in [0.2, 0.25) is 0 Å². The van der Waals surface area contributed by atoms with Crippen molar-refractivity contribution in [3.63, 3.8) is 0 Å². The molecule has 1 unspecified atom stereocenters. The van der Waals surface area contributed by atoms with Crippen LogP contribution < -0.4 is 10.1 Å². The van der Waals surface area contributed by atoms with Gasteiger partial charge in [0, 0.05) is 18.7 Å². The zero-order valence-corrected chi connectivity index (χ0v) is 10.5. The molecule has 0 aliphatic carbocycles. The Morgan fingerprint density at radius 1 is 1.56 bits per heavy atom. The number of morpholine rings is 1. The Kier molecular flexibility index (Phi) is 3.78. The Bertz CT molecular complexity index is 380. The number of ether oxygens (including phenoxy) is 2. The molecular formula is C11H13BrFNO2.